The normalized spacial score (nSPS) is 10.7. The van der Waals surface area contributed by atoms with Gasteiger partial charge in [-0.3, -0.25) is 0 Å². The van der Waals surface area contributed by atoms with Gasteiger partial charge in [-0.1, -0.05) is 0 Å². The summed E-state index contributed by atoms with van der Waals surface area (Å²) in [5.74, 6) is 0. The van der Waals surface area contributed by atoms with Crippen LogP contribution in [0.4, 0.5) is 0 Å². The molecule has 0 aliphatic heterocycles. The number of rotatable bonds is 12. The Kier molecular flexibility index (Phi) is 24.9. The maximum Gasteiger partial charge on any atom is 0 e. The molecule has 0 saturated carbocycles. The summed E-state index contributed by atoms with van der Waals surface area (Å²) in [6.45, 7) is 10.9. The molecule has 4 nitrogen and oxygen atoms in total. The van der Waals surface area contributed by atoms with E-state index in [1.807, 2.05) is 0 Å². The Balaban J connectivity index is -0.00000128. The van der Waals surface area contributed by atoms with E-state index < -0.39 is 20.5 Å². The molecule has 0 amide bonds. The van der Waals surface area contributed by atoms with Gasteiger partial charge in [-0.05, 0) is 0 Å². The van der Waals surface area contributed by atoms with E-state index in [1.54, 1.807) is 0 Å². The summed E-state index contributed by atoms with van der Waals surface area (Å²) in [4.78, 5) is 0. The van der Waals surface area contributed by atoms with Crippen molar-refractivity contribution < 1.29 is 31.5 Å². The van der Waals surface area contributed by atoms with Crippen LogP contribution in [0.15, 0.2) is 0 Å². The second-order valence-corrected chi connectivity index (χ2v) is 9.28. The van der Waals surface area contributed by atoms with E-state index in [9.17, 15) is 0 Å². The Bertz CT molecular complexity index is 138. The van der Waals surface area contributed by atoms with Crippen molar-refractivity contribution in [3.63, 3.8) is 0 Å². The zero-order valence-corrected chi connectivity index (χ0v) is 21.0. The van der Waals surface area contributed by atoms with E-state index in [0.717, 1.165) is 25.7 Å². The quantitative estimate of drug-likeness (QED) is 0.354. The van der Waals surface area contributed by atoms with Crippen molar-refractivity contribution in [3.05, 3.63) is 0 Å². The molecular formula is C12H28O4Sb2Zn. The van der Waals surface area contributed by atoms with Crippen LogP contribution in [0.3, 0.4) is 0 Å². The molecule has 7 heteroatoms. The average molecular weight is 545 g/mol. The van der Waals surface area contributed by atoms with Crippen LogP contribution in [0.1, 0.15) is 53.4 Å². The Morgan fingerprint density at radius 1 is 0.579 bits per heavy atom. The Morgan fingerprint density at radius 2 is 0.789 bits per heavy atom. The minimum atomic E-state index is -3.58. The third kappa shape index (κ3) is 13.5. The molecule has 0 aromatic rings. The standard InChI is InChI=1S/4C3H7O.2Sb.Zn/c4*1-2-3-4;;;/h4*2-3H2,1H3;;;/q4*-1;;+4;. The fraction of sp³-hybridized carbons (Fsp3) is 1.00. The number of hydrogen-bond acceptors (Lipinski definition) is 4. The molecule has 0 aromatic heterocycles. The molecule has 0 spiro atoms. The van der Waals surface area contributed by atoms with Crippen LogP contribution in [-0.4, -0.2) is 71.3 Å². The summed E-state index contributed by atoms with van der Waals surface area (Å²) in [6, 6.07) is 0. The predicted octanol–water partition coefficient (Wildman–Crippen LogP) is 2.75. The summed E-state index contributed by atoms with van der Waals surface area (Å²) in [5, 5.41) is 0. The molecule has 0 N–H and O–H groups in total. The zero-order chi connectivity index (χ0) is 13.0. The van der Waals surface area contributed by atoms with Gasteiger partial charge in [0.05, 0.1) is 0 Å². The molecule has 0 atom stereocenters. The molecule has 19 heavy (non-hydrogen) atoms. The van der Waals surface area contributed by atoms with Crippen LogP contribution < -0.4 is 0 Å². The van der Waals surface area contributed by atoms with Gasteiger partial charge in [0.2, 0.25) is 0 Å². The van der Waals surface area contributed by atoms with E-state index in [1.165, 1.54) is 0 Å². The first-order valence-corrected chi connectivity index (χ1v) is 10.9. The molecule has 4 radical (unpaired) electrons. The second-order valence-electron chi connectivity index (χ2n) is 3.78. The molecule has 0 unspecified atom stereocenters. The van der Waals surface area contributed by atoms with Gasteiger partial charge in [0.1, 0.15) is 0 Å². The summed E-state index contributed by atoms with van der Waals surface area (Å²) in [6.07, 6.45) is 3.82. The van der Waals surface area contributed by atoms with Gasteiger partial charge in [-0.25, -0.2) is 0 Å². The molecule has 0 aliphatic carbocycles. The van der Waals surface area contributed by atoms with E-state index in [4.69, 9.17) is 12.1 Å². The van der Waals surface area contributed by atoms with E-state index in [0.29, 0.717) is 26.4 Å². The summed E-state index contributed by atoms with van der Waals surface area (Å²) >= 11 is -3.58. The van der Waals surface area contributed by atoms with Gasteiger partial charge in [0, 0.05) is 43.9 Å². The third-order valence-electron chi connectivity index (χ3n) is 1.81. The molecular weight excluding hydrogens is 517 g/mol. The Morgan fingerprint density at radius 3 is 0.947 bits per heavy atom. The van der Waals surface area contributed by atoms with Crippen LogP contribution in [0.5, 0.6) is 0 Å². The van der Waals surface area contributed by atoms with Crippen molar-refractivity contribution in [2.75, 3.05) is 26.4 Å². The molecule has 0 aromatic carbocycles. The van der Waals surface area contributed by atoms with Crippen molar-refractivity contribution in [1.82, 2.24) is 0 Å². The Labute approximate surface area is 155 Å². The predicted molar refractivity (Wildman–Crippen MR) is 76.5 cm³/mol. The molecule has 0 aliphatic rings. The van der Waals surface area contributed by atoms with E-state index >= 15 is 0 Å². The third-order valence-corrected chi connectivity index (χ3v) is 7.51. The average Bonchev–Trinajstić information content (AvgIpc) is 2.37. The monoisotopic (exact) mass is 542 g/mol. The first kappa shape index (κ1) is 26.0. The van der Waals surface area contributed by atoms with Gasteiger partial charge >= 0.3 is 112 Å². The zero-order valence-electron chi connectivity index (χ0n) is 12.9. The first-order valence-electron chi connectivity index (χ1n) is 6.71. The molecule has 0 heterocycles. The second kappa shape index (κ2) is 18.1. The minimum absolute atomic E-state index is 0. The van der Waals surface area contributed by atoms with Crippen molar-refractivity contribution in [1.29, 1.82) is 0 Å². The largest absolute Gasteiger partial charge is 0 e. The van der Waals surface area contributed by atoms with Crippen molar-refractivity contribution >= 4 is 44.9 Å². The van der Waals surface area contributed by atoms with Crippen LogP contribution in [0.25, 0.3) is 0 Å². The fourth-order valence-corrected chi connectivity index (χ4v) is 6.95. The molecule has 0 rings (SSSR count). The fourth-order valence-electron chi connectivity index (χ4n) is 1.04. The molecule has 0 saturated heterocycles. The van der Waals surface area contributed by atoms with Crippen molar-refractivity contribution in [2.45, 2.75) is 53.4 Å². The van der Waals surface area contributed by atoms with Crippen molar-refractivity contribution in [3.8, 4) is 0 Å². The SMILES string of the molecule is CCC[O][Sb]([O]CCC)([O]CCC)[O]CCC.[Sb].[Zn]. The van der Waals surface area contributed by atoms with Crippen molar-refractivity contribution in [2.24, 2.45) is 0 Å². The summed E-state index contributed by atoms with van der Waals surface area (Å²) < 4.78 is 23.3. The first-order chi connectivity index (χ1) is 8.24. The maximum atomic E-state index is 5.82. The smallest absolute Gasteiger partial charge is 0 e. The van der Waals surface area contributed by atoms with Gasteiger partial charge < -0.3 is 0 Å². The van der Waals surface area contributed by atoms with Crippen LogP contribution in [0.2, 0.25) is 0 Å². The molecule has 0 fully saturated rings. The Hall–Kier alpha value is 2.10. The van der Waals surface area contributed by atoms with Gasteiger partial charge in [0.15, 0.2) is 0 Å². The van der Waals surface area contributed by atoms with E-state index in [-0.39, 0.29) is 43.9 Å². The maximum absolute atomic E-state index is 5.82. The summed E-state index contributed by atoms with van der Waals surface area (Å²) in [5.41, 5.74) is 0. The minimum Gasteiger partial charge on any atom is 0 e. The number of hydrogen-bond donors (Lipinski definition) is 0. The molecule has 0 bridgehead atoms. The topological polar surface area (TPSA) is 36.9 Å². The van der Waals surface area contributed by atoms with Gasteiger partial charge in [-0.15, -0.1) is 0 Å². The van der Waals surface area contributed by atoms with Crippen LogP contribution >= 0.6 is 0 Å². The van der Waals surface area contributed by atoms with Gasteiger partial charge in [0.25, 0.3) is 0 Å². The van der Waals surface area contributed by atoms with Crippen LogP contribution in [-0.2, 0) is 31.5 Å². The van der Waals surface area contributed by atoms with Gasteiger partial charge in [-0.2, -0.15) is 0 Å². The summed E-state index contributed by atoms with van der Waals surface area (Å²) in [7, 11) is 0. The molecule has 112 valence electrons. The van der Waals surface area contributed by atoms with E-state index in [2.05, 4.69) is 27.7 Å². The van der Waals surface area contributed by atoms with Crippen LogP contribution in [0, 0.1) is 0 Å².